The summed E-state index contributed by atoms with van der Waals surface area (Å²) < 4.78 is 90.4. The van der Waals surface area contributed by atoms with Gasteiger partial charge < -0.3 is 5.32 Å². The van der Waals surface area contributed by atoms with Crippen molar-refractivity contribution in [3.63, 3.8) is 0 Å². The smallest absolute Gasteiger partial charge is 0.321 e. The SMILES string of the molecule is C/C(=N/NC(=O)c1cc(-c2ccc(Cl)cc2)nc2ccccc12)c1ccc(NC(=O)C(F)(F)C(F)(F)C(F)(F)F)cc1. The molecule has 0 unspecified atom stereocenters. The van der Waals surface area contributed by atoms with Crippen molar-refractivity contribution in [2.75, 3.05) is 5.32 Å². The number of carbonyl (C=O) groups is 2. The van der Waals surface area contributed by atoms with Gasteiger partial charge in [-0.05, 0) is 48.9 Å². The van der Waals surface area contributed by atoms with E-state index in [-0.39, 0.29) is 11.3 Å². The molecule has 0 radical (unpaired) electrons. The van der Waals surface area contributed by atoms with Gasteiger partial charge in [-0.1, -0.05) is 54.1 Å². The molecule has 1 heterocycles. The van der Waals surface area contributed by atoms with Crippen LogP contribution in [0.2, 0.25) is 5.02 Å². The minimum atomic E-state index is -6.64. The molecule has 0 bridgehead atoms. The normalized spacial score (nSPS) is 12.7. The summed E-state index contributed by atoms with van der Waals surface area (Å²) >= 11 is 5.96. The number of nitrogens with zero attached hydrogens (tertiary/aromatic N) is 2. The minimum Gasteiger partial charge on any atom is -0.321 e. The van der Waals surface area contributed by atoms with E-state index in [0.717, 1.165) is 12.1 Å². The summed E-state index contributed by atoms with van der Waals surface area (Å²) in [7, 11) is 0. The maximum atomic E-state index is 13.6. The summed E-state index contributed by atoms with van der Waals surface area (Å²) in [6.07, 6.45) is -6.64. The zero-order valence-electron chi connectivity index (χ0n) is 21.2. The van der Waals surface area contributed by atoms with Crippen molar-refractivity contribution in [2.24, 2.45) is 5.10 Å². The zero-order chi connectivity index (χ0) is 30.9. The van der Waals surface area contributed by atoms with Gasteiger partial charge in [0.1, 0.15) is 0 Å². The Kier molecular flexibility index (Phi) is 8.26. The number of amides is 2. The largest absolute Gasteiger partial charge is 0.460 e. The van der Waals surface area contributed by atoms with Gasteiger partial charge in [0.25, 0.3) is 5.91 Å². The number of aromatic nitrogens is 1. The van der Waals surface area contributed by atoms with E-state index in [0.29, 0.717) is 32.7 Å². The van der Waals surface area contributed by atoms with Crippen LogP contribution in [0.5, 0.6) is 0 Å². The van der Waals surface area contributed by atoms with Crippen LogP contribution in [0.3, 0.4) is 0 Å². The average Bonchev–Trinajstić information content (AvgIpc) is 2.95. The molecule has 218 valence electrons. The van der Waals surface area contributed by atoms with Gasteiger partial charge in [0, 0.05) is 21.7 Å². The molecular weight excluding hydrogens is 593 g/mol. The first-order chi connectivity index (χ1) is 19.6. The molecule has 0 fully saturated rings. The Morgan fingerprint density at radius 2 is 1.48 bits per heavy atom. The third-order valence-corrected chi connectivity index (χ3v) is 6.27. The molecule has 2 N–H and O–H groups in total. The number of hydrazone groups is 1. The van der Waals surface area contributed by atoms with E-state index < -0.39 is 35.5 Å². The molecule has 3 aromatic carbocycles. The van der Waals surface area contributed by atoms with Crippen molar-refractivity contribution in [1.82, 2.24) is 10.4 Å². The van der Waals surface area contributed by atoms with Crippen molar-refractivity contribution in [2.45, 2.75) is 24.9 Å². The summed E-state index contributed by atoms with van der Waals surface area (Å²) in [6, 6.07) is 19.8. The molecule has 0 saturated carbocycles. The summed E-state index contributed by atoms with van der Waals surface area (Å²) in [6.45, 7) is 1.48. The fourth-order valence-electron chi connectivity index (χ4n) is 3.72. The Labute approximate surface area is 238 Å². The standard InChI is InChI=1S/C28H18ClF7N4O2/c1-15(16-8-12-19(13-9-16)37-25(42)26(30,31)27(32,33)28(34,35)36)39-40-24(41)21-14-23(17-6-10-18(29)11-7-17)38-22-5-3-2-4-20(21)22/h2-14H,1H3,(H,37,42)(H,40,41)/b39-15-. The second-order valence-corrected chi connectivity index (χ2v) is 9.33. The highest BCUT2D eigenvalue weighted by Crippen LogP contribution is 2.46. The predicted molar refractivity (Wildman–Crippen MR) is 143 cm³/mol. The molecule has 4 aromatic rings. The molecule has 0 spiro atoms. The highest BCUT2D eigenvalue weighted by molar-refractivity contribution is 6.30. The molecule has 0 aliphatic heterocycles. The molecule has 14 heteroatoms. The highest BCUT2D eigenvalue weighted by Gasteiger charge is 2.76. The lowest BCUT2D eigenvalue weighted by atomic mass is 10.0. The third kappa shape index (κ3) is 6.05. The van der Waals surface area contributed by atoms with Gasteiger partial charge in [0.15, 0.2) is 0 Å². The van der Waals surface area contributed by atoms with Gasteiger partial charge in [0.05, 0.1) is 22.5 Å². The number of anilines is 1. The molecule has 2 amide bonds. The van der Waals surface area contributed by atoms with Gasteiger partial charge in [0.2, 0.25) is 0 Å². The maximum absolute atomic E-state index is 13.6. The third-order valence-electron chi connectivity index (χ3n) is 6.02. The fraction of sp³-hybridized carbons (Fsp3) is 0.143. The number of halogens is 8. The molecule has 6 nitrogen and oxygen atoms in total. The van der Waals surface area contributed by atoms with Crippen LogP contribution in [0.25, 0.3) is 22.2 Å². The van der Waals surface area contributed by atoms with Crippen LogP contribution < -0.4 is 10.7 Å². The van der Waals surface area contributed by atoms with Gasteiger partial charge in [-0.25, -0.2) is 10.4 Å². The predicted octanol–water partition coefficient (Wildman–Crippen LogP) is 7.48. The Balaban J connectivity index is 1.51. The quantitative estimate of drug-likeness (QED) is 0.129. The van der Waals surface area contributed by atoms with E-state index in [1.807, 2.05) is 0 Å². The summed E-state index contributed by atoms with van der Waals surface area (Å²) in [5, 5.41) is 6.45. The van der Waals surface area contributed by atoms with Crippen LogP contribution in [0, 0.1) is 0 Å². The molecule has 4 rings (SSSR count). The van der Waals surface area contributed by atoms with Gasteiger partial charge in [-0.15, -0.1) is 0 Å². The zero-order valence-corrected chi connectivity index (χ0v) is 22.0. The number of benzene rings is 3. The van der Waals surface area contributed by atoms with E-state index in [9.17, 15) is 40.3 Å². The molecule has 0 saturated heterocycles. The lowest BCUT2D eigenvalue weighted by Gasteiger charge is -2.27. The van der Waals surface area contributed by atoms with Crippen LogP contribution in [0.4, 0.5) is 36.4 Å². The Bertz CT molecular complexity index is 1670. The number of rotatable bonds is 7. The Morgan fingerprint density at radius 3 is 2.10 bits per heavy atom. The second-order valence-electron chi connectivity index (χ2n) is 8.90. The van der Waals surface area contributed by atoms with Crippen molar-refractivity contribution >= 4 is 45.7 Å². The minimum absolute atomic E-state index is 0.214. The Hall–Kier alpha value is -4.52. The summed E-state index contributed by atoms with van der Waals surface area (Å²) in [5.41, 5.74) is 4.49. The second kappa shape index (κ2) is 11.4. The van der Waals surface area contributed by atoms with Crippen molar-refractivity contribution in [3.05, 3.63) is 95.0 Å². The number of para-hydroxylation sites is 1. The van der Waals surface area contributed by atoms with Crippen LogP contribution in [-0.4, -0.2) is 40.5 Å². The number of hydrogen-bond donors (Lipinski definition) is 2. The van der Waals surface area contributed by atoms with E-state index in [2.05, 4.69) is 15.5 Å². The fourth-order valence-corrected chi connectivity index (χ4v) is 3.84. The highest BCUT2D eigenvalue weighted by atomic mass is 35.5. The van der Waals surface area contributed by atoms with Crippen LogP contribution in [0.1, 0.15) is 22.8 Å². The lowest BCUT2D eigenvalue weighted by molar-refractivity contribution is -0.343. The van der Waals surface area contributed by atoms with Gasteiger partial charge >= 0.3 is 23.9 Å². The van der Waals surface area contributed by atoms with Crippen molar-refractivity contribution in [3.8, 4) is 11.3 Å². The monoisotopic (exact) mass is 610 g/mol. The summed E-state index contributed by atoms with van der Waals surface area (Å²) in [5.74, 6) is -16.1. The molecule has 0 atom stereocenters. The van der Waals surface area contributed by atoms with E-state index >= 15 is 0 Å². The van der Waals surface area contributed by atoms with E-state index in [4.69, 9.17) is 11.6 Å². The first-order valence-corrected chi connectivity index (χ1v) is 12.2. The number of nitrogens with one attached hydrogen (secondary N) is 2. The molecular formula is C28H18ClF7N4O2. The number of fused-ring (bicyclic) bond motifs is 1. The van der Waals surface area contributed by atoms with Crippen LogP contribution in [0.15, 0.2) is 84.0 Å². The number of alkyl halides is 7. The number of carbonyl (C=O) groups excluding carboxylic acids is 2. The van der Waals surface area contributed by atoms with E-state index in [1.54, 1.807) is 54.6 Å². The van der Waals surface area contributed by atoms with Crippen LogP contribution in [-0.2, 0) is 4.79 Å². The summed E-state index contributed by atoms with van der Waals surface area (Å²) in [4.78, 5) is 29.3. The van der Waals surface area contributed by atoms with Gasteiger partial charge in [-0.3, -0.25) is 9.59 Å². The van der Waals surface area contributed by atoms with Crippen LogP contribution >= 0.6 is 11.6 Å². The lowest BCUT2D eigenvalue weighted by Crippen LogP contribution is -2.57. The van der Waals surface area contributed by atoms with Gasteiger partial charge in [-0.2, -0.15) is 35.8 Å². The van der Waals surface area contributed by atoms with E-state index in [1.165, 1.54) is 24.4 Å². The first-order valence-electron chi connectivity index (χ1n) is 11.9. The Morgan fingerprint density at radius 1 is 0.857 bits per heavy atom. The average molecular weight is 611 g/mol. The number of pyridine rings is 1. The maximum Gasteiger partial charge on any atom is 0.460 e. The molecule has 0 aliphatic carbocycles. The molecule has 1 aromatic heterocycles. The molecule has 0 aliphatic rings. The van der Waals surface area contributed by atoms with Crippen molar-refractivity contribution in [1.29, 1.82) is 0 Å². The molecule has 42 heavy (non-hydrogen) atoms. The topological polar surface area (TPSA) is 83.4 Å². The first kappa shape index (κ1) is 30.4. The van der Waals surface area contributed by atoms with Crippen molar-refractivity contribution < 1.29 is 40.3 Å². The number of hydrogen-bond acceptors (Lipinski definition) is 4.